The van der Waals surface area contributed by atoms with Gasteiger partial charge in [0.2, 0.25) is 5.91 Å². The normalized spacial score (nSPS) is 18.6. The van der Waals surface area contributed by atoms with Gasteiger partial charge in [-0.1, -0.05) is 0 Å². The number of amides is 3. The van der Waals surface area contributed by atoms with Gasteiger partial charge in [0.1, 0.15) is 6.54 Å². The maximum Gasteiger partial charge on any atom is 0.320 e. The Morgan fingerprint density at radius 1 is 1.38 bits per heavy atom. The third-order valence-corrected chi connectivity index (χ3v) is 3.75. The van der Waals surface area contributed by atoms with Crippen molar-refractivity contribution in [1.29, 1.82) is 0 Å². The molecule has 120 valence electrons. The second-order valence-corrected chi connectivity index (χ2v) is 5.86. The Bertz CT molecular complexity index is 398. The van der Waals surface area contributed by atoms with E-state index in [2.05, 4.69) is 0 Å². The zero-order chi connectivity index (χ0) is 16.0. The lowest BCUT2D eigenvalue weighted by atomic mass is 9.93. The molecule has 0 aromatic rings. The van der Waals surface area contributed by atoms with Crippen molar-refractivity contribution in [2.75, 3.05) is 19.6 Å². The first-order chi connectivity index (χ1) is 9.81. The van der Waals surface area contributed by atoms with Crippen LogP contribution in [0.2, 0.25) is 0 Å². The first-order valence-electron chi connectivity index (χ1n) is 7.37. The van der Waals surface area contributed by atoms with E-state index in [1.807, 2.05) is 13.8 Å². The molecule has 0 spiro atoms. The Morgan fingerprint density at radius 2 is 2.05 bits per heavy atom. The van der Waals surface area contributed by atoms with E-state index in [4.69, 9.17) is 10.8 Å². The molecule has 21 heavy (non-hydrogen) atoms. The monoisotopic (exact) mass is 299 g/mol. The van der Waals surface area contributed by atoms with Crippen LogP contribution in [-0.4, -0.2) is 58.5 Å². The lowest BCUT2D eigenvalue weighted by Crippen LogP contribution is -2.52. The zero-order valence-corrected chi connectivity index (χ0v) is 12.7. The third kappa shape index (κ3) is 5.61. The van der Waals surface area contributed by atoms with Crippen LogP contribution in [-0.2, 0) is 9.59 Å². The van der Waals surface area contributed by atoms with Gasteiger partial charge in [0.15, 0.2) is 0 Å². The maximum absolute atomic E-state index is 12.5. The first kappa shape index (κ1) is 17.3. The third-order valence-electron chi connectivity index (χ3n) is 3.75. The van der Waals surface area contributed by atoms with Gasteiger partial charge in [-0.3, -0.25) is 9.59 Å². The molecule has 1 aliphatic rings. The number of nitrogens with zero attached hydrogens (tertiary/aromatic N) is 2. The number of piperidine rings is 1. The number of carbonyl (C=O) groups excluding carboxylic acids is 2. The predicted molar refractivity (Wildman–Crippen MR) is 77.6 cm³/mol. The van der Waals surface area contributed by atoms with E-state index < -0.39 is 11.9 Å². The first-order valence-corrected chi connectivity index (χ1v) is 7.37. The van der Waals surface area contributed by atoms with Crippen molar-refractivity contribution in [2.45, 2.75) is 45.6 Å². The maximum atomic E-state index is 12.5. The molecule has 1 heterocycles. The van der Waals surface area contributed by atoms with Gasteiger partial charge in [-0.05, 0) is 39.0 Å². The molecular weight excluding hydrogens is 274 g/mol. The second kappa shape index (κ2) is 7.85. The molecule has 1 rings (SSSR count). The molecule has 0 aromatic carbocycles. The number of likely N-dealkylation sites (tertiary alicyclic amines) is 1. The molecule has 0 radical (unpaired) electrons. The number of hydrogen-bond donors (Lipinski definition) is 2. The Hall–Kier alpha value is -1.79. The molecule has 3 N–H and O–H groups in total. The molecular formula is C14H25N3O4. The van der Waals surface area contributed by atoms with Crippen LogP contribution >= 0.6 is 0 Å². The van der Waals surface area contributed by atoms with Gasteiger partial charge in [-0.15, -0.1) is 0 Å². The molecule has 1 saturated heterocycles. The molecule has 0 bridgehead atoms. The van der Waals surface area contributed by atoms with Crippen LogP contribution in [0.5, 0.6) is 0 Å². The van der Waals surface area contributed by atoms with Crippen molar-refractivity contribution in [3.05, 3.63) is 0 Å². The molecule has 1 unspecified atom stereocenters. The van der Waals surface area contributed by atoms with E-state index in [1.165, 1.54) is 4.90 Å². The van der Waals surface area contributed by atoms with Gasteiger partial charge in [-0.25, -0.2) is 4.79 Å². The van der Waals surface area contributed by atoms with Crippen molar-refractivity contribution < 1.29 is 19.5 Å². The van der Waals surface area contributed by atoms with Crippen LogP contribution in [0.4, 0.5) is 4.79 Å². The summed E-state index contributed by atoms with van der Waals surface area (Å²) in [5.74, 6) is -1.13. The highest BCUT2D eigenvalue weighted by atomic mass is 16.4. The summed E-state index contributed by atoms with van der Waals surface area (Å²) in [5, 5.41) is 8.74. The second-order valence-electron chi connectivity index (χ2n) is 5.86. The highest BCUT2D eigenvalue weighted by Gasteiger charge is 2.29. The summed E-state index contributed by atoms with van der Waals surface area (Å²) < 4.78 is 0. The molecule has 1 atom stereocenters. The van der Waals surface area contributed by atoms with Gasteiger partial charge >= 0.3 is 12.0 Å². The molecule has 3 amide bonds. The van der Waals surface area contributed by atoms with Crippen molar-refractivity contribution >= 4 is 17.9 Å². The Balaban J connectivity index is 2.62. The van der Waals surface area contributed by atoms with Gasteiger partial charge in [0.25, 0.3) is 0 Å². The van der Waals surface area contributed by atoms with Gasteiger partial charge in [-0.2, -0.15) is 0 Å². The fourth-order valence-electron chi connectivity index (χ4n) is 2.62. The lowest BCUT2D eigenvalue weighted by Gasteiger charge is -2.37. The Labute approximate surface area is 125 Å². The number of aliphatic carboxylic acids is 1. The molecule has 1 aliphatic heterocycles. The quantitative estimate of drug-likeness (QED) is 0.759. The number of hydrogen-bond acceptors (Lipinski definition) is 3. The molecule has 7 nitrogen and oxygen atoms in total. The molecule has 7 heteroatoms. The number of carbonyl (C=O) groups is 3. The minimum Gasteiger partial charge on any atom is -0.481 e. The predicted octanol–water partition coefficient (Wildman–Crippen LogP) is 0.879. The summed E-state index contributed by atoms with van der Waals surface area (Å²) in [5.41, 5.74) is 5.19. The Kier molecular flexibility index (Phi) is 6.45. The summed E-state index contributed by atoms with van der Waals surface area (Å²) in [6, 6.07) is -0.298. The zero-order valence-electron chi connectivity index (χ0n) is 12.7. The van der Waals surface area contributed by atoms with Crippen molar-refractivity contribution in [1.82, 2.24) is 9.80 Å². The van der Waals surface area contributed by atoms with Crippen molar-refractivity contribution in [2.24, 2.45) is 11.7 Å². The summed E-state index contributed by atoms with van der Waals surface area (Å²) in [7, 11) is 0. The summed E-state index contributed by atoms with van der Waals surface area (Å²) >= 11 is 0. The Morgan fingerprint density at radius 3 is 2.57 bits per heavy atom. The highest BCUT2D eigenvalue weighted by molar-refractivity contribution is 5.83. The van der Waals surface area contributed by atoms with E-state index in [1.54, 1.807) is 4.90 Å². The minimum absolute atomic E-state index is 0.0905. The fraction of sp³-hybridized carbons (Fsp3) is 0.786. The van der Waals surface area contributed by atoms with Crippen LogP contribution < -0.4 is 5.73 Å². The largest absolute Gasteiger partial charge is 0.481 e. The van der Waals surface area contributed by atoms with Gasteiger partial charge in [0.05, 0.1) is 0 Å². The van der Waals surface area contributed by atoms with Crippen molar-refractivity contribution in [3.8, 4) is 0 Å². The van der Waals surface area contributed by atoms with E-state index in [9.17, 15) is 14.4 Å². The van der Waals surface area contributed by atoms with Crippen molar-refractivity contribution in [3.63, 3.8) is 0 Å². The highest BCUT2D eigenvalue weighted by Crippen LogP contribution is 2.22. The average molecular weight is 299 g/mol. The molecule has 0 aromatic heterocycles. The van der Waals surface area contributed by atoms with E-state index in [0.717, 1.165) is 12.8 Å². The SMILES string of the molecule is CC(C)N(CC(N)=O)C(=O)N1CCCC(CCC(=O)O)C1. The van der Waals surface area contributed by atoms with E-state index in [-0.39, 0.29) is 31.0 Å². The smallest absolute Gasteiger partial charge is 0.320 e. The number of urea groups is 1. The molecule has 1 fully saturated rings. The number of carboxylic acid groups (broad SMARTS) is 1. The van der Waals surface area contributed by atoms with Crippen LogP contribution in [0, 0.1) is 5.92 Å². The number of primary amides is 1. The van der Waals surface area contributed by atoms with Gasteiger partial charge < -0.3 is 20.6 Å². The number of carboxylic acids is 1. The molecule has 0 aliphatic carbocycles. The van der Waals surface area contributed by atoms with Crippen LogP contribution in [0.3, 0.4) is 0 Å². The number of rotatable bonds is 6. The topological polar surface area (TPSA) is 104 Å². The van der Waals surface area contributed by atoms with E-state index >= 15 is 0 Å². The number of nitrogens with two attached hydrogens (primary N) is 1. The van der Waals surface area contributed by atoms with Gasteiger partial charge in [0, 0.05) is 25.6 Å². The van der Waals surface area contributed by atoms with E-state index in [0.29, 0.717) is 19.5 Å². The summed E-state index contributed by atoms with van der Waals surface area (Å²) in [6.45, 7) is 4.78. The summed E-state index contributed by atoms with van der Waals surface area (Å²) in [4.78, 5) is 37.4. The lowest BCUT2D eigenvalue weighted by molar-refractivity contribution is -0.137. The minimum atomic E-state index is -0.809. The van der Waals surface area contributed by atoms with Crippen LogP contribution in [0.1, 0.15) is 39.5 Å². The standard InChI is InChI=1S/C14H25N3O4/c1-10(2)17(9-12(15)18)14(21)16-7-3-4-11(8-16)5-6-13(19)20/h10-11H,3-9H2,1-2H3,(H2,15,18)(H,19,20). The molecule has 0 saturated carbocycles. The van der Waals surface area contributed by atoms with Crippen LogP contribution in [0.15, 0.2) is 0 Å². The average Bonchev–Trinajstić information content (AvgIpc) is 2.41. The fourth-order valence-corrected chi connectivity index (χ4v) is 2.62. The van der Waals surface area contributed by atoms with Crippen LogP contribution in [0.25, 0.3) is 0 Å². The summed E-state index contributed by atoms with van der Waals surface area (Å²) in [6.07, 6.45) is 2.51.